The highest BCUT2D eigenvalue weighted by molar-refractivity contribution is 6.33. The second kappa shape index (κ2) is 4.86. The molecule has 0 radical (unpaired) electrons. The standard InChI is InChI=1S/C14H14ClFN2/c1-9-7-13(17)12(15)8-14(9)18(2)11-5-3-10(16)4-6-11/h3-8H,17H2,1-2H3. The van der Waals surface area contributed by atoms with Gasteiger partial charge >= 0.3 is 0 Å². The Morgan fingerprint density at radius 3 is 2.39 bits per heavy atom. The monoisotopic (exact) mass is 264 g/mol. The number of benzene rings is 2. The van der Waals surface area contributed by atoms with Crippen molar-refractivity contribution < 1.29 is 4.39 Å². The number of nitrogens with zero attached hydrogens (tertiary/aromatic N) is 1. The van der Waals surface area contributed by atoms with Crippen molar-refractivity contribution in [3.8, 4) is 0 Å². The molecule has 2 nitrogen and oxygen atoms in total. The predicted octanol–water partition coefficient (Wildman–Crippen LogP) is 4.14. The topological polar surface area (TPSA) is 29.3 Å². The Bertz CT molecular complexity index is 567. The molecule has 0 aromatic heterocycles. The second-order valence-corrected chi connectivity index (χ2v) is 4.60. The Balaban J connectivity index is 2.42. The SMILES string of the molecule is Cc1cc(N)c(Cl)cc1N(C)c1ccc(F)cc1. The summed E-state index contributed by atoms with van der Waals surface area (Å²) in [4.78, 5) is 1.94. The summed E-state index contributed by atoms with van der Waals surface area (Å²) in [5.41, 5.74) is 9.16. The third kappa shape index (κ3) is 2.41. The average Bonchev–Trinajstić information content (AvgIpc) is 2.34. The van der Waals surface area contributed by atoms with Crippen LogP contribution in [0.5, 0.6) is 0 Å². The van der Waals surface area contributed by atoms with Crippen molar-refractivity contribution in [1.29, 1.82) is 0 Å². The van der Waals surface area contributed by atoms with E-state index in [0.29, 0.717) is 10.7 Å². The van der Waals surface area contributed by atoms with Gasteiger partial charge in [-0.25, -0.2) is 4.39 Å². The fraction of sp³-hybridized carbons (Fsp3) is 0.143. The smallest absolute Gasteiger partial charge is 0.123 e. The lowest BCUT2D eigenvalue weighted by Gasteiger charge is -2.22. The van der Waals surface area contributed by atoms with E-state index in [-0.39, 0.29) is 5.82 Å². The highest BCUT2D eigenvalue weighted by Crippen LogP contribution is 2.32. The number of nitrogen functional groups attached to an aromatic ring is 1. The Morgan fingerprint density at radius 1 is 1.17 bits per heavy atom. The number of halogens is 2. The van der Waals surface area contributed by atoms with Crippen LogP contribution in [0.4, 0.5) is 21.5 Å². The molecule has 0 aliphatic carbocycles. The van der Waals surface area contributed by atoms with Crippen LogP contribution in [0, 0.1) is 12.7 Å². The molecular weight excluding hydrogens is 251 g/mol. The number of rotatable bonds is 2. The fourth-order valence-electron chi connectivity index (χ4n) is 1.86. The van der Waals surface area contributed by atoms with Gasteiger partial charge in [0.05, 0.1) is 10.7 Å². The zero-order valence-corrected chi connectivity index (χ0v) is 11.0. The summed E-state index contributed by atoms with van der Waals surface area (Å²) in [6, 6.07) is 9.95. The van der Waals surface area contributed by atoms with E-state index in [4.69, 9.17) is 17.3 Å². The summed E-state index contributed by atoms with van der Waals surface area (Å²) >= 11 is 6.03. The van der Waals surface area contributed by atoms with Crippen molar-refractivity contribution in [3.05, 3.63) is 52.8 Å². The lowest BCUT2D eigenvalue weighted by atomic mass is 10.1. The van der Waals surface area contributed by atoms with Gasteiger partial charge in [0, 0.05) is 18.4 Å². The molecule has 2 rings (SSSR count). The first-order valence-corrected chi connectivity index (χ1v) is 5.92. The maximum Gasteiger partial charge on any atom is 0.123 e. The van der Waals surface area contributed by atoms with Crippen LogP contribution in [-0.4, -0.2) is 7.05 Å². The van der Waals surface area contributed by atoms with Gasteiger partial charge in [-0.2, -0.15) is 0 Å². The van der Waals surface area contributed by atoms with Gasteiger partial charge in [-0.05, 0) is 48.9 Å². The van der Waals surface area contributed by atoms with Crippen LogP contribution in [0.2, 0.25) is 5.02 Å². The molecular formula is C14H14ClFN2. The molecule has 0 heterocycles. The van der Waals surface area contributed by atoms with Crippen LogP contribution in [0.15, 0.2) is 36.4 Å². The van der Waals surface area contributed by atoms with Gasteiger partial charge in [-0.3, -0.25) is 0 Å². The number of hydrogen-bond donors (Lipinski definition) is 1. The summed E-state index contributed by atoms with van der Waals surface area (Å²) in [7, 11) is 1.90. The van der Waals surface area contributed by atoms with Crippen molar-refractivity contribution in [1.82, 2.24) is 0 Å². The molecule has 2 aromatic carbocycles. The maximum absolute atomic E-state index is 12.9. The summed E-state index contributed by atoms with van der Waals surface area (Å²) in [5.74, 6) is -0.251. The number of nitrogens with two attached hydrogens (primary N) is 1. The first kappa shape index (κ1) is 12.7. The minimum absolute atomic E-state index is 0.251. The largest absolute Gasteiger partial charge is 0.398 e. The van der Waals surface area contributed by atoms with Gasteiger partial charge in [0.1, 0.15) is 5.82 Å². The van der Waals surface area contributed by atoms with Gasteiger partial charge in [-0.1, -0.05) is 11.6 Å². The summed E-state index contributed by atoms with van der Waals surface area (Å²) in [6.45, 7) is 1.96. The van der Waals surface area contributed by atoms with Crippen LogP contribution >= 0.6 is 11.6 Å². The number of aryl methyl sites for hydroxylation is 1. The van der Waals surface area contributed by atoms with E-state index >= 15 is 0 Å². The molecule has 0 spiro atoms. The molecule has 0 amide bonds. The Labute approximate surface area is 111 Å². The van der Waals surface area contributed by atoms with Gasteiger partial charge < -0.3 is 10.6 Å². The van der Waals surface area contributed by atoms with E-state index in [1.54, 1.807) is 12.1 Å². The van der Waals surface area contributed by atoms with Crippen LogP contribution < -0.4 is 10.6 Å². The molecule has 0 fully saturated rings. The lowest BCUT2D eigenvalue weighted by molar-refractivity contribution is 0.628. The van der Waals surface area contributed by atoms with E-state index in [1.165, 1.54) is 12.1 Å². The van der Waals surface area contributed by atoms with Crippen molar-refractivity contribution in [2.75, 3.05) is 17.7 Å². The average molecular weight is 265 g/mol. The Morgan fingerprint density at radius 2 is 1.78 bits per heavy atom. The highest BCUT2D eigenvalue weighted by Gasteiger charge is 2.09. The third-order valence-corrected chi connectivity index (χ3v) is 3.22. The number of hydrogen-bond acceptors (Lipinski definition) is 2. The molecule has 2 N–H and O–H groups in total. The molecule has 0 unspecified atom stereocenters. The normalized spacial score (nSPS) is 10.4. The molecule has 2 aromatic rings. The minimum Gasteiger partial charge on any atom is -0.398 e. The fourth-order valence-corrected chi connectivity index (χ4v) is 2.02. The van der Waals surface area contributed by atoms with Crippen molar-refractivity contribution in [3.63, 3.8) is 0 Å². The van der Waals surface area contributed by atoms with Crippen molar-refractivity contribution >= 4 is 28.7 Å². The van der Waals surface area contributed by atoms with E-state index in [1.807, 2.05) is 31.0 Å². The quantitative estimate of drug-likeness (QED) is 0.826. The van der Waals surface area contributed by atoms with Gasteiger partial charge in [0.25, 0.3) is 0 Å². The molecule has 0 aliphatic heterocycles. The molecule has 0 bridgehead atoms. The second-order valence-electron chi connectivity index (χ2n) is 4.20. The first-order chi connectivity index (χ1) is 8.49. The Kier molecular flexibility index (Phi) is 3.43. The van der Waals surface area contributed by atoms with Gasteiger partial charge in [0.2, 0.25) is 0 Å². The zero-order valence-electron chi connectivity index (χ0n) is 10.2. The molecule has 0 saturated carbocycles. The molecule has 94 valence electrons. The van der Waals surface area contributed by atoms with Crippen molar-refractivity contribution in [2.24, 2.45) is 0 Å². The highest BCUT2D eigenvalue weighted by atomic mass is 35.5. The lowest BCUT2D eigenvalue weighted by Crippen LogP contribution is -2.11. The van der Waals surface area contributed by atoms with E-state index in [0.717, 1.165) is 16.9 Å². The van der Waals surface area contributed by atoms with E-state index in [9.17, 15) is 4.39 Å². The van der Waals surface area contributed by atoms with Crippen molar-refractivity contribution in [2.45, 2.75) is 6.92 Å². The van der Waals surface area contributed by atoms with Crippen LogP contribution in [0.1, 0.15) is 5.56 Å². The van der Waals surface area contributed by atoms with Crippen LogP contribution in [0.3, 0.4) is 0 Å². The third-order valence-electron chi connectivity index (χ3n) is 2.89. The summed E-state index contributed by atoms with van der Waals surface area (Å²) in [5, 5.41) is 0.518. The summed E-state index contributed by atoms with van der Waals surface area (Å²) < 4.78 is 12.9. The summed E-state index contributed by atoms with van der Waals surface area (Å²) in [6.07, 6.45) is 0. The first-order valence-electron chi connectivity index (χ1n) is 5.54. The van der Waals surface area contributed by atoms with Gasteiger partial charge in [-0.15, -0.1) is 0 Å². The molecule has 4 heteroatoms. The predicted molar refractivity (Wildman–Crippen MR) is 75.1 cm³/mol. The zero-order chi connectivity index (χ0) is 13.3. The van der Waals surface area contributed by atoms with Gasteiger partial charge in [0.15, 0.2) is 0 Å². The molecule has 0 atom stereocenters. The minimum atomic E-state index is -0.251. The van der Waals surface area contributed by atoms with E-state index in [2.05, 4.69) is 0 Å². The van der Waals surface area contributed by atoms with E-state index < -0.39 is 0 Å². The molecule has 0 aliphatic rings. The molecule has 18 heavy (non-hydrogen) atoms. The maximum atomic E-state index is 12.9. The Hall–Kier alpha value is -1.74. The van der Waals surface area contributed by atoms with Crippen LogP contribution in [-0.2, 0) is 0 Å². The number of anilines is 3. The molecule has 0 saturated heterocycles. The van der Waals surface area contributed by atoms with Crippen LogP contribution in [0.25, 0.3) is 0 Å².